The van der Waals surface area contributed by atoms with Crippen molar-refractivity contribution in [1.82, 2.24) is 4.98 Å². The van der Waals surface area contributed by atoms with Crippen LogP contribution in [0.1, 0.15) is 18.1 Å². The lowest BCUT2D eigenvalue weighted by Gasteiger charge is -2.24. The monoisotopic (exact) mass is 294 g/mol. The van der Waals surface area contributed by atoms with E-state index in [4.69, 9.17) is 23.2 Å². The number of hydrogen-bond acceptors (Lipinski definition) is 2. The van der Waals surface area contributed by atoms with Crippen LogP contribution in [0.25, 0.3) is 0 Å². The number of alkyl halides is 1. The van der Waals surface area contributed by atoms with Crippen molar-refractivity contribution in [1.29, 1.82) is 0 Å². The predicted octanol–water partition coefficient (Wildman–Crippen LogP) is 4.94. The van der Waals surface area contributed by atoms with Crippen LogP contribution >= 0.6 is 23.2 Å². The van der Waals surface area contributed by atoms with Crippen molar-refractivity contribution >= 4 is 34.7 Å². The fourth-order valence-corrected chi connectivity index (χ4v) is 2.50. The van der Waals surface area contributed by atoms with E-state index in [1.54, 1.807) is 6.20 Å². The molecule has 19 heavy (non-hydrogen) atoms. The Bertz CT molecular complexity index is 570. The second-order valence-electron chi connectivity index (χ2n) is 4.30. The summed E-state index contributed by atoms with van der Waals surface area (Å²) >= 11 is 12.0. The number of aryl methyl sites for hydroxylation is 1. The number of hydrogen-bond donors (Lipinski definition) is 0. The van der Waals surface area contributed by atoms with Gasteiger partial charge in [-0.05, 0) is 37.1 Å². The molecule has 0 atom stereocenters. The summed E-state index contributed by atoms with van der Waals surface area (Å²) in [7, 11) is 0. The lowest BCUT2D eigenvalue weighted by Crippen LogP contribution is -2.18. The maximum atomic E-state index is 6.06. The Labute approximate surface area is 124 Å². The summed E-state index contributed by atoms with van der Waals surface area (Å²) in [5.74, 6) is 1.26. The van der Waals surface area contributed by atoms with Crippen LogP contribution in [0.2, 0.25) is 5.02 Å². The van der Waals surface area contributed by atoms with Gasteiger partial charge in [0, 0.05) is 24.3 Å². The molecule has 0 aliphatic heterocycles. The van der Waals surface area contributed by atoms with Crippen LogP contribution in [0.5, 0.6) is 0 Å². The van der Waals surface area contributed by atoms with E-state index in [2.05, 4.69) is 35.9 Å². The lowest BCUT2D eigenvalue weighted by atomic mass is 10.1. The molecule has 1 heterocycles. The fraction of sp³-hybridized carbons (Fsp3) is 0.267. The zero-order valence-electron chi connectivity index (χ0n) is 11.0. The first-order valence-electron chi connectivity index (χ1n) is 6.21. The van der Waals surface area contributed by atoms with Gasteiger partial charge in [-0.15, -0.1) is 11.6 Å². The number of anilines is 2. The van der Waals surface area contributed by atoms with Crippen LogP contribution in [0.15, 0.2) is 36.5 Å². The summed E-state index contributed by atoms with van der Waals surface area (Å²) in [6.45, 7) is 5.03. The summed E-state index contributed by atoms with van der Waals surface area (Å²) < 4.78 is 0. The normalized spacial score (nSPS) is 10.5. The quantitative estimate of drug-likeness (QED) is 0.743. The molecule has 0 radical (unpaired) electrons. The minimum Gasteiger partial charge on any atom is -0.326 e. The highest BCUT2D eigenvalue weighted by molar-refractivity contribution is 6.32. The molecule has 2 nitrogen and oxygen atoms in total. The summed E-state index contributed by atoms with van der Waals surface area (Å²) in [6.07, 6.45) is 1.66. The van der Waals surface area contributed by atoms with Crippen LogP contribution in [0, 0.1) is 6.92 Å². The van der Waals surface area contributed by atoms with Gasteiger partial charge in [0.25, 0.3) is 0 Å². The summed E-state index contributed by atoms with van der Waals surface area (Å²) in [4.78, 5) is 6.57. The van der Waals surface area contributed by atoms with Crippen molar-refractivity contribution in [3.8, 4) is 0 Å². The maximum absolute atomic E-state index is 6.06. The molecular formula is C15H16Cl2N2. The molecule has 0 bridgehead atoms. The number of aromatic nitrogens is 1. The Morgan fingerprint density at radius 3 is 2.63 bits per heavy atom. The van der Waals surface area contributed by atoms with Crippen LogP contribution in [-0.4, -0.2) is 11.5 Å². The van der Waals surface area contributed by atoms with Gasteiger partial charge < -0.3 is 4.90 Å². The van der Waals surface area contributed by atoms with Gasteiger partial charge in [0.15, 0.2) is 0 Å². The van der Waals surface area contributed by atoms with E-state index in [1.807, 2.05) is 18.2 Å². The molecule has 0 amide bonds. The number of pyridine rings is 1. The minimum absolute atomic E-state index is 0.389. The second-order valence-corrected chi connectivity index (χ2v) is 4.97. The van der Waals surface area contributed by atoms with Gasteiger partial charge in [-0.1, -0.05) is 29.8 Å². The van der Waals surface area contributed by atoms with Crippen LogP contribution in [-0.2, 0) is 5.88 Å². The standard InChI is InChI=1S/C15H16Cl2N2/c1-3-19(14-7-5-4-6-11(14)2)15-8-12(9-16)13(17)10-18-15/h4-8,10H,3,9H2,1-2H3. The van der Waals surface area contributed by atoms with Crippen molar-refractivity contribution in [2.75, 3.05) is 11.4 Å². The van der Waals surface area contributed by atoms with E-state index < -0.39 is 0 Å². The predicted molar refractivity (Wildman–Crippen MR) is 82.7 cm³/mol. The third kappa shape index (κ3) is 3.02. The Morgan fingerprint density at radius 2 is 2.00 bits per heavy atom. The van der Waals surface area contributed by atoms with Gasteiger partial charge in [-0.25, -0.2) is 4.98 Å². The van der Waals surface area contributed by atoms with E-state index in [1.165, 1.54) is 5.56 Å². The van der Waals surface area contributed by atoms with Crippen LogP contribution in [0.4, 0.5) is 11.5 Å². The molecule has 0 unspecified atom stereocenters. The third-order valence-electron chi connectivity index (χ3n) is 3.06. The molecule has 1 aromatic heterocycles. The zero-order valence-corrected chi connectivity index (χ0v) is 12.5. The van der Waals surface area contributed by atoms with E-state index in [0.29, 0.717) is 10.9 Å². The summed E-state index contributed by atoms with van der Waals surface area (Å²) in [5.41, 5.74) is 3.27. The topological polar surface area (TPSA) is 16.1 Å². The van der Waals surface area contributed by atoms with Crippen LogP contribution < -0.4 is 4.90 Å². The smallest absolute Gasteiger partial charge is 0.133 e. The molecule has 0 saturated carbocycles. The maximum Gasteiger partial charge on any atom is 0.133 e. The molecule has 0 aliphatic rings. The first-order chi connectivity index (χ1) is 9.17. The third-order valence-corrected chi connectivity index (χ3v) is 3.69. The van der Waals surface area contributed by atoms with E-state index >= 15 is 0 Å². The number of halogens is 2. The average Bonchev–Trinajstić information content (AvgIpc) is 2.43. The lowest BCUT2D eigenvalue weighted by molar-refractivity contribution is 0.979. The number of rotatable bonds is 4. The van der Waals surface area contributed by atoms with E-state index in [9.17, 15) is 0 Å². The molecule has 4 heteroatoms. The number of para-hydroxylation sites is 1. The minimum atomic E-state index is 0.389. The fourth-order valence-electron chi connectivity index (χ4n) is 2.04. The molecule has 1 aromatic carbocycles. The molecule has 0 N–H and O–H groups in total. The Morgan fingerprint density at radius 1 is 1.26 bits per heavy atom. The van der Waals surface area contributed by atoms with Gasteiger partial charge in [0.2, 0.25) is 0 Å². The van der Waals surface area contributed by atoms with Gasteiger partial charge >= 0.3 is 0 Å². The van der Waals surface area contributed by atoms with Crippen molar-refractivity contribution in [2.45, 2.75) is 19.7 Å². The van der Waals surface area contributed by atoms with Crippen molar-refractivity contribution in [2.24, 2.45) is 0 Å². The first kappa shape index (κ1) is 14.2. The molecule has 0 saturated heterocycles. The first-order valence-corrected chi connectivity index (χ1v) is 7.12. The van der Waals surface area contributed by atoms with Crippen molar-refractivity contribution in [3.05, 3.63) is 52.7 Å². The molecule has 2 rings (SSSR count). The molecule has 2 aromatic rings. The average molecular weight is 295 g/mol. The molecule has 100 valence electrons. The molecule has 0 aliphatic carbocycles. The summed E-state index contributed by atoms with van der Waals surface area (Å²) in [6, 6.07) is 10.2. The highest BCUT2D eigenvalue weighted by atomic mass is 35.5. The van der Waals surface area contributed by atoms with Gasteiger partial charge in [0.05, 0.1) is 5.02 Å². The second kappa shape index (κ2) is 6.27. The van der Waals surface area contributed by atoms with Gasteiger partial charge in [0.1, 0.15) is 5.82 Å². The van der Waals surface area contributed by atoms with Gasteiger partial charge in [-0.3, -0.25) is 0 Å². The largest absolute Gasteiger partial charge is 0.326 e. The molecule has 0 spiro atoms. The van der Waals surface area contributed by atoms with E-state index in [0.717, 1.165) is 23.6 Å². The van der Waals surface area contributed by atoms with Gasteiger partial charge in [-0.2, -0.15) is 0 Å². The Hall–Kier alpha value is -1.25. The highest BCUT2D eigenvalue weighted by Crippen LogP contribution is 2.29. The number of benzene rings is 1. The van der Waals surface area contributed by atoms with Crippen molar-refractivity contribution < 1.29 is 0 Å². The molecule has 0 fully saturated rings. The zero-order chi connectivity index (χ0) is 13.8. The Balaban J connectivity index is 2.45. The Kier molecular flexibility index (Phi) is 4.67. The highest BCUT2D eigenvalue weighted by Gasteiger charge is 2.12. The number of nitrogens with zero attached hydrogens (tertiary/aromatic N) is 2. The molecular weight excluding hydrogens is 279 g/mol. The SMILES string of the molecule is CCN(c1cc(CCl)c(Cl)cn1)c1ccccc1C. The van der Waals surface area contributed by atoms with E-state index in [-0.39, 0.29) is 0 Å². The summed E-state index contributed by atoms with van der Waals surface area (Å²) in [5, 5.41) is 0.611. The van der Waals surface area contributed by atoms with Crippen molar-refractivity contribution in [3.63, 3.8) is 0 Å². The van der Waals surface area contributed by atoms with Crippen LogP contribution in [0.3, 0.4) is 0 Å².